The summed E-state index contributed by atoms with van der Waals surface area (Å²) < 4.78 is 0.852. The lowest BCUT2D eigenvalue weighted by Crippen LogP contribution is -2.37. The van der Waals surface area contributed by atoms with E-state index in [1.165, 1.54) is 23.1 Å². The van der Waals surface area contributed by atoms with E-state index in [1.54, 1.807) is 0 Å². The van der Waals surface area contributed by atoms with Crippen molar-refractivity contribution in [1.82, 2.24) is 15.5 Å². The lowest BCUT2D eigenvalue weighted by atomic mass is 10.1. The molecular weight excluding hydrogens is 242 g/mol. The molecule has 0 radical (unpaired) electrons. The molecule has 90 valence electrons. The molecule has 1 N–H and O–H groups in total. The van der Waals surface area contributed by atoms with Crippen LogP contribution >= 0.6 is 23.1 Å². The zero-order chi connectivity index (χ0) is 12.1. The number of nitrogens with one attached hydrogen (secondary N) is 1. The predicted molar refractivity (Wildman–Crippen MR) is 67.8 cm³/mol. The maximum atomic E-state index is 11.6. The summed E-state index contributed by atoms with van der Waals surface area (Å²) >= 11 is 2.95. The first-order chi connectivity index (χ1) is 7.49. The molecular formula is C10H17N3OS2. The summed E-state index contributed by atoms with van der Waals surface area (Å²) in [6.07, 6.45) is 0. The average molecular weight is 259 g/mol. The van der Waals surface area contributed by atoms with Crippen molar-refractivity contribution in [3.8, 4) is 0 Å². The molecule has 0 aliphatic heterocycles. The van der Waals surface area contributed by atoms with Crippen LogP contribution in [0.25, 0.3) is 0 Å². The van der Waals surface area contributed by atoms with E-state index in [0.717, 1.165) is 9.35 Å². The molecule has 6 heteroatoms. The number of carbonyl (C=O) groups excluding carboxylic acids is 1. The van der Waals surface area contributed by atoms with Crippen LogP contribution in [-0.2, 0) is 4.79 Å². The second kappa shape index (κ2) is 6.20. The lowest BCUT2D eigenvalue weighted by Gasteiger charge is -2.16. The smallest absolute Gasteiger partial charge is 0.230 e. The quantitative estimate of drug-likeness (QED) is 0.823. The first-order valence-electron chi connectivity index (χ1n) is 5.21. The summed E-state index contributed by atoms with van der Waals surface area (Å²) in [6, 6.07) is 0.212. The van der Waals surface area contributed by atoms with Crippen molar-refractivity contribution in [2.75, 3.05) is 5.75 Å². The van der Waals surface area contributed by atoms with E-state index in [2.05, 4.69) is 29.4 Å². The molecule has 0 saturated carbocycles. The standard InChI is InChI=1S/C10H17N3OS2/c1-6(2)7(3)11-9(14)5-15-10-13-12-8(4)16-10/h6-7H,5H2,1-4H3,(H,11,14)/t7-/m0/s1. The number of thioether (sulfide) groups is 1. The Kier molecular flexibility index (Phi) is 5.21. The SMILES string of the molecule is Cc1nnc(SCC(=O)N[C@@H](C)C(C)C)s1. The van der Waals surface area contributed by atoms with Gasteiger partial charge >= 0.3 is 0 Å². The second-order valence-electron chi connectivity index (χ2n) is 3.98. The van der Waals surface area contributed by atoms with E-state index >= 15 is 0 Å². The Balaban J connectivity index is 2.30. The maximum absolute atomic E-state index is 11.6. The lowest BCUT2D eigenvalue weighted by molar-refractivity contribution is -0.119. The summed E-state index contributed by atoms with van der Waals surface area (Å²) in [4.78, 5) is 11.6. The Morgan fingerprint density at radius 1 is 1.44 bits per heavy atom. The van der Waals surface area contributed by atoms with Gasteiger partial charge in [0.2, 0.25) is 5.91 Å². The Labute approximate surface area is 104 Å². The molecule has 1 aromatic heterocycles. The number of hydrogen-bond donors (Lipinski definition) is 1. The van der Waals surface area contributed by atoms with Gasteiger partial charge in [0, 0.05) is 6.04 Å². The van der Waals surface area contributed by atoms with Gasteiger partial charge in [-0.15, -0.1) is 10.2 Å². The third-order valence-electron chi connectivity index (χ3n) is 2.22. The number of hydrogen-bond acceptors (Lipinski definition) is 5. The van der Waals surface area contributed by atoms with E-state index in [-0.39, 0.29) is 11.9 Å². The van der Waals surface area contributed by atoms with Crippen molar-refractivity contribution >= 4 is 29.0 Å². The fraction of sp³-hybridized carbons (Fsp3) is 0.700. The van der Waals surface area contributed by atoms with Gasteiger partial charge in [-0.25, -0.2) is 0 Å². The summed E-state index contributed by atoms with van der Waals surface area (Å²) in [5.41, 5.74) is 0. The highest BCUT2D eigenvalue weighted by molar-refractivity contribution is 8.01. The van der Waals surface area contributed by atoms with Crippen LogP contribution in [0.1, 0.15) is 25.8 Å². The summed E-state index contributed by atoms with van der Waals surface area (Å²) in [5.74, 6) is 0.919. The predicted octanol–water partition coefficient (Wildman–Crippen LogP) is 2.10. The van der Waals surface area contributed by atoms with Crippen LogP contribution in [0.3, 0.4) is 0 Å². The van der Waals surface area contributed by atoms with Gasteiger partial charge < -0.3 is 5.32 Å². The molecule has 0 unspecified atom stereocenters. The number of aromatic nitrogens is 2. The topological polar surface area (TPSA) is 54.9 Å². The fourth-order valence-electron chi connectivity index (χ4n) is 0.926. The Hall–Kier alpha value is -0.620. The molecule has 16 heavy (non-hydrogen) atoms. The molecule has 0 saturated heterocycles. The van der Waals surface area contributed by atoms with Gasteiger partial charge in [-0.1, -0.05) is 36.9 Å². The first kappa shape index (κ1) is 13.4. The molecule has 4 nitrogen and oxygen atoms in total. The minimum Gasteiger partial charge on any atom is -0.353 e. The van der Waals surface area contributed by atoms with Crippen LogP contribution in [0.15, 0.2) is 4.34 Å². The minimum absolute atomic E-state index is 0.0547. The molecule has 0 aliphatic rings. The number of rotatable bonds is 5. The zero-order valence-corrected chi connectivity index (χ0v) is 11.6. The van der Waals surface area contributed by atoms with Crippen molar-refractivity contribution in [2.24, 2.45) is 5.92 Å². The van der Waals surface area contributed by atoms with Crippen LogP contribution < -0.4 is 5.32 Å². The van der Waals surface area contributed by atoms with Gasteiger partial charge in [0.05, 0.1) is 5.75 Å². The Morgan fingerprint density at radius 3 is 2.62 bits per heavy atom. The second-order valence-corrected chi connectivity index (χ2v) is 6.38. The van der Waals surface area contributed by atoms with E-state index in [4.69, 9.17) is 0 Å². The van der Waals surface area contributed by atoms with Crippen molar-refractivity contribution in [2.45, 2.75) is 38.1 Å². The molecule has 0 aromatic carbocycles. The van der Waals surface area contributed by atoms with E-state index in [1.807, 2.05) is 13.8 Å². The van der Waals surface area contributed by atoms with Gasteiger partial charge in [0.25, 0.3) is 0 Å². The highest BCUT2D eigenvalue weighted by atomic mass is 32.2. The highest BCUT2D eigenvalue weighted by Gasteiger charge is 2.11. The van der Waals surface area contributed by atoms with Crippen LogP contribution in [0.5, 0.6) is 0 Å². The average Bonchev–Trinajstić information content (AvgIpc) is 2.61. The van der Waals surface area contributed by atoms with Gasteiger partial charge in [-0.05, 0) is 19.8 Å². The Morgan fingerprint density at radius 2 is 2.12 bits per heavy atom. The van der Waals surface area contributed by atoms with E-state index < -0.39 is 0 Å². The number of carbonyl (C=O) groups is 1. The van der Waals surface area contributed by atoms with Crippen molar-refractivity contribution in [3.63, 3.8) is 0 Å². The minimum atomic E-state index is 0.0547. The van der Waals surface area contributed by atoms with Crippen LogP contribution in [-0.4, -0.2) is 27.9 Å². The molecule has 0 aliphatic carbocycles. The molecule has 1 aromatic rings. The van der Waals surface area contributed by atoms with E-state index in [9.17, 15) is 4.79 Å². The number of aryl methyl sites for hydroxylation is 1. The van der Waals surface area contributed by atoms with E-state index in [0.29, 0.717) is 11.7 Å². The van der Waals surface area contributed by atoms with Crippen LogP contribution in [0.4, 0.5) is 0 Å². The molecule has 1 rings (SSSR count). The molecule has 0 bridgehead atoms. The van der Waals surface area contributed by atoms with Crippen molar-refractivity contribution in [3.05, 3.63) is 5.01 Å². The summed E-state index contributed by atoms with van der Waals surface area (Å²) in [5, 5.41) is 11.7. The van der Waals surface area contributed by atoms with Gasteiger partial charge in [0.1, 0.15) is 5.01 Å². The molecule has 0 spiro atoms. The van der Waals surface area contributed by atoms with Gasteiger partial charge in [-0.2, -0.15) is 0 Å². The third kappa shape index (κ3) is 4.49. The largest absolute Gasteiger partial charge is 0.353 e. The number of amides is 1. The maximum Gasteiger partial charge on any atom is 0.230 e. The molecule has 1 atom stereocenters. The van der Waals surface area contributed by atoms with Crippen molar-refractivity contribution < 1.29 is 4.79 Å². The number of nitrogens with zero attached hydrogens (tertiary/aromatic N) is 2. The van der Waals surface area contributed by atoms with Crippen LogP contribution in [0, 0.1) is 12.8 Å². The Bertz CT molecular complexity index is 352. The van der Waals surface area contributed by atoms with Gasteiger partial charge in [-0.3, -0.25) is 4.79 Å². The normalized spacial score (nSPS) is 12.8. The summed E-state index contributed by atoms with van der Waals surface area (Å²) in [6.45, 7) is 8.10. The highest BCUT2D eigenvalue weighted by Crippen LogP contribution is 2.21. The molecule has 1 heterocycles. The van der Waals surface area contributed by atoms with Gasteiger partial charge in [0.15, 0.2) is 4.34 Å². The molecule has 1 amide bonds. The monoisotopic (exact) mass is 259 g/mol. The third-order valence-corrected chi connectivity index (χ3v) is 4.19. The first-order valence-corrected chi connectivity index (χ1v) is 7.01. The zero-order valence-electron chi connectivity index (χ0n) is 9.98. The van der Waals surface area contributed by atoms with Crippen molar-refractivity contribution in [1.29, 1.82) is 0 Å². The van der Waals surface area contributed by atoms with Crippen LogP contribution in [0.2, 0.25) is 0 Å². The fourth-order valence-corrected chi connectivity index (χ4v) is 2.55. The summed E-state index contributed by atoms with van der Waals surface area (Å²) in [7, 11) is 0. The molecule has 0 fully saturated rings.